The van der Waals surface area contributed by atoms with Crippen molar-refractivity contribution in [2.45, 2.75) is 58.0 Å². The SMILES string of the molecule is C=C1CCCC2(C)CCC(C(C)(O)CO)CC12. The Morgan fingerprint density at radius 3 is 2.82 bits per heavy atom. The monoisotopic (exact) mass is 238 g/mol. The largest absolute Gasteiger partial charge is 0.393 e. The minimum atomic E-state index is -0.918. The summed E-state index contributed by atoms with van der Waals surface area (Å²) in [5.41, 5.74) is 0.855. The van der Waals surface area contributed by atoms with Gasteiger partial charge in [0.15, 0.2) is 0 Å². The van der Waals surface area contributed by atoms with Gasteiger partial charge in [-0.1, -0.05) is 19.1 Å². The molecule has 0 aliphatic heterocycles. The lowest BCUT2D eigenvalue weighted by molar-refractivity contribution is -0.0821. The average molecular weight is 238 g/mol. The molecular formula is C15H26O2. The number of rotatable bonds is 2. The molecule has 0 aromatic carbocycles. The highest BCUT2D eigenvalue weighted by atomic mass is 16.3. The van der Waals surface area contributed by atoms with Gasteiger partial charge in [-0.15, -0.1) is 0 Å². The molecule has 17 heavy (non-hydrogen) atoms. The number of allylic oxidation sites excluding steroid dienone is 1. The molecule has 0 aromatic heterocycles. The van der Waals surface area contributed by atoms with Gasteiger partial charge in [0.05, 0.1) is 12.2 Å². The Morgan fingerprint density at radius 2 is 2.18 bits per heavy atom. The van der Waals surface area contributed by atoms with Gasteiger partial charge < -0.3 is 10.2 Å². The summed E-state index contributed by atoms with van der Waals surface area (Å²) < 4.78 is 0. The van der Waals surface area contributed by atoms with Crippen LogP contribution in [0.2, 0.25) is 0 Å². The topological polar surface area (TPSA) is 40.5 Å². The molecule has 2 N–H and O–H groups in total. The highest BCUT2D eigenvalue weighted by Gasteiger charge is 2.46. The van der Waals surface area contributed by atoms with Crippen LogP contribution in [0.3, 0.4) is 0 Å². The number of hydrogen-bond donors (Lipinski definition) is 2. The van der Waals surface area contributed by atoms with Crippen LogP contribution >= 0.6 is 0 Å². The predicted molar refractivity (Wildman–Crippen MR) is 69.6 cm³/mol. The Balaban J connectivity index is 2.14. The molecule has 2 heteroatoms. The van der Waals surface area contributed by atoms with Crippen molar-refractivity contribution >= 4 is 0 Å². The second kappa shape index (κ2) is 4.40. The molecule has 2 rings (SSSR count). The van der Waals surface area contributed by atoms with Gasteiger partial charge in [0.1, 0.15) is 0 Å². The molecular weight excluding hydrogens is 212 g/mol. The first kappa shape index (κ1) is 13.1. The normalized spacial score (nSPS) is 41.8. The molecule has 4 unspecified atom stereocenters. The first-order valence-corrected chi connectivity index (χ1v) is 6.90. The van der Waals surface area contributed by atoms with Crippen LogP contribution in [0.15, 0.2) is 12.2 Å². The van der Waals surface area contributed by atoms with E-state index in [2.05, 4.69) is 13.5 Å². The van der Waals surface area contributed by atoms with Crippen molar-refractivity contribution in [1.82, 2.24) is 0 Å². The molecule has 0 saturated heterocycles. The van der Waals surface area contributed by atoms with Crippen LogP contribution in [0.5, 0.6) is 0 Å². The van der Waals surface area contributed by atoms with Gasteiger partial charge in [0.2, 0.25) is 0 Å². The summed E-state index contributed by atoms with van der Waals surface area (Å²) in [6.45, 7) is 8.26. The summed E-state index contributed by atoms with van der Waals surface area (Å²) in [6.07, 6.45) is 6.92. The van der Waals surface area contributed by atoms with E-state index in [1.54, 1.807) is 6.92 Å². The van der Waals surface area contributed by atoms with Crippen LogP contribution in [0.1, 0.15) is 52.4 Å². The Kier molecular flexibility index (Phi) is 3.39. The van der Waals surface area contributed by atoms with E-state index >= 15 is 0 Å². The Bertz CT molecular complexity index is 308. The van der Waals surface area contributed by atoms with Gasteiger partial charge >= 0.3 is 0 Å². The molecule has 2 fully saturated rings. The molecule has 98 valence electrons. The van der Waals surface area contributed by atoms with Crippen LogP contribution in [0.4, 0.5) is 0 Å². The second-order valence-electron chi connectivity index (χ2n) is 6.71. The third kappa shape index (κ3) is 2.30. The molecule has 0 amide bonds. The molecule has 2 saturated carbocycles. The maximum atomic E-state index is 10.2. The second-order valence-corrected chi connectivity index (χ2v) is 6.71. The van der Waals surface area contributed by atoms with Crippen molar-refractivity contribution in [2.24, 2.45) is 17.3 Å². The van der Waals surface area contributed by atoms with Crippen molar-refractivity contribution in [3.05, 3.63) is 12.2 Å². The zero-order chi connectivity index (χ0) is 12.7. The number of aliphatic hydroxyl groups is 2. The Labute approximate surface area is 105 Å². The summed E-state index contributed by atoms with van der Waals surface area (Å²) >= 11 is 0. The fourth-order valence-corrected chi connectivity index (χ4v) is 3.91. The van der Waals surface area contributed by atoms with Crippen molar-refractivity contribution < 1.29 is 10.2 Å². The smallest absolute Gasteiger partial charge is 0.0877 e. The molecule has 0 aromatic rings. The average Bonchev–Trinajstić information content (AvgIpc) is 2.28. The fraction of sp³-hybridized carbons (Fsp3) is 0.867. The summed E-state index contributed by atoms with van der Waals surface area (Å²) in [4.78, 5) is 0. The Hall–Kier alpha value is -0.340. The quantitative estimate of drug-likeness (QED) is 0.726. The molecule has 0 radical (unpaired) electrons. The van der Waals surface area contributed by atoms with Gasteiger partial charge in [0, 0.05) is 0 Å². The maximum Gasteiger partial charge on any atom is 0.0877 e. The van der Waals surface area contributed by atoms with E-state index in [1.165, 1.54) is 18.4 Å². The first-order chi connectivity index (χ1) is 7.89. The van der Waals surface area contributed by atoms with Gasteiger partial charge in [-0.2, -0.15) is 0 Å². The number of fused-ring (bicyclic) bond motifs is 1. The van der Waals surface area contributed by atoms with Crippen LogP contribution in [0.25, 0.3) is 0 Å². The zero-order valence-electron chi connectivity index (χ0n) is 11.2. The molecule has 2 aliphatic rings. The summed E-state index contributed by atoms with van der Waals surface area (Å²) in [7, 11) is 0. The maximum absolute atomic E-state index is 10.2. The molecule has 0 spiro atoms. The van der Waals surface area contributed by atoms with Gasteiger partial charge in [-0.05, 0) is 62.7 Å². The lowest BCUT2D eigenvalue weighted by atomic mass is 9.55. The van der Waals surface area contributed by atoms with Crippen LogP contribution in [-0.4, -0.2) is 22.4 Å². The standard InChI is InChI=1S/C15H26O2/c1-11-5-4-7-14(2)8-6-12(9-13(11)14)15(3,17)10-16/h12-13,16-17H,1,4-10H2,2-3H3. The predicted octanol–water partition coefficient (Wildman–Crippen LogP) is 2.89. The van der Waals surface area contributed by atoms with Crippen molar-refractivity contribution in [3.8, 4) is 0 Å². The van der Waals surface area contributed by atoms with E-state index in [0.29, 0.717) is 11.3 Å². The zero-order valence-corrected chi connectivity index (χ0v) is 11.2. The lowest BCUT2D eigenvalue weighted by Gasteiger charge is -2.51. The van der Waals surface area contributed by atoms with Gasteiger partial charge in [0.25, 0.3) is 0 Å². The molecule has 4 atom stereocenters. The van der Waals surface area contributed by atoms with Crippen molar-refractivity contribution in [3.63, 3.8) is 0 Å². The summed E-state index contributed by atoms with van der Waals surface area (Å²) in [5.74, 6) is 0.772. The first-order valence-electron chi connectivity index (χ1n) is 6.90. The van der Waals surface area contributed by atoms with Crippen LogP contribution in [0, 0.1) is 17.3 Å². The highest BCUT2D eigenvalue weighted by Crippen LogP contribution is 2.54. The minimum absolute atomic E-state index is 0.131. The minimum Gasteiger partial charge on any atom is -0.393 e. The van der Waals surface area contributed by atoms with Crippen molar-refractivity contribution in [2.75, 3.05) is 6.61 Å². The van der Waals surface area contributed by atoms with E-state index < -0.39 is 5.60 Å². The molecule has 2 nitrogen and oxygen atoms in total. The van der Waals surface area contributed by atoms with Crippen LogP contribution < -0.4 is 0 Å². The van der Waals surface area contributed by atoms with Crippen molar-refractivity contribution in [1.29, 1.82) is 0 Å². The lowest BCUT2D eigenvalue weighted by Crippen LogP contribution is -2.46. The van der Waals surface area contributed by atoms with E-state index in [0.717, 1.165) is 25.7 Å². The summed E-state index contributed by atoms with van der Waals surface area (Å²) in [5, 5.41) is 19.5. The van der Waals surface area contributed by atoms with Crippen LogP contribution in [-0.2, 0) is 0 Å². The third-order valence-electron chi connectivity index (χ3n) is 5.36. The molecule has 0 bridgehead atoms. The Morgan fingerprint density at radius 1 is 1.47 bits per heavy atom. The molecule has 2 aliphatic carbocycles. The summed E-state index contributed by atoms with van der Waals surface area (Å²) in [6, 6.07) is 0. The van der Waals surface area contributed by atoms with E-state index in [-0.39, 0.29) is 12.5 Å². The van der Waals surface area contributed by atoms with E-state index in [9.17, 15) is 10.2 Å². The highest BCUT2D eigenvalue weighted by molar-refractivity contribution is 5.13. The van der Waals surface area contributed by atoms with Gasteiger partial charge in [-0.25, -0.2) is 0 Å². The van der Waals surface area contributed by atoms with E-state index in [1.807, 2.05) is 0 Å². The number of aliphatic hydroxyl groups excluding tert-OH is 1. The van der Waals surface area contributed by atoms with E-state index in [4.69, 9.17) is 0 Å². The fourth-order valence-electron chi connectivity index (χ4n) is 3.91. The molecule has 0 heterocycles. The van der Waals surface area contributed by atoms with Gasteiger partial charge in [-0.3, -0.25) is 0 Å². The number of hydrogen-bond acceptors (Lipinski definition) is 2. The third-order valence-corrected chi connectivity index (χ3v) is 5.36.